The summed E-state index contributed by atoms with van der Waals surface area (Å²) in [5.74, 6) is 0.273. The van der Waals surface area contributed by atoms with Gasteiger partial charge in [-0.25, -0.2) is 4.79 Å². The van der Waals surface area contributed by atoms with Crippen molar-refractivity contribution in [2.75, 3.05) is 13.1 Å². The van der Waals surface area contributed by atoms with Gasteiger partial charge in [-0.3, -0.25) is 9.59 Å². The fourth-order valence-electron chi connectivity index (χ4n) is 7.31. The van der Waals surface area contributed by atoms with Gasteiger partial charge in [-0.2, -0.15) is 0 Å². The Morgan fingerprint density at radius 1 is 0.492 bits per heavy atom. The molecule has 0 radical (unpaired) electrons. The maximum atomic E-state index is 12.6. The van der Waals surface area contributed by atoms with Crippen LogP contribution in [0.25, 0.3) is 0 Å². The Bertz CT molecular complexity index is 1620. The fraction of sp³-hybridized carbons (Fsp3) is 0.491. The van der Waals surface area contributed by atoms with Crippen molar-refractivity contribution in [3.63, 3.8) is 0 Å². The molecular weight excluding hydrogens is 757 g/mol. The third kappa shape index (κ3) is 26.1. The van der Waals surface area contributed by atoms with E-state index in [0.717, 1.165) is 103 Å². The van der Waals surface area contributed by atoms with Crippen LogP contribution in [0.4, 0.5) is 4.79 Å². The molecule has 8 heteroatoms. The van der Waals surface area contributed by atoms with Crippen LogP contribution in [-0.4, -0.2) is 48.7 Å². The number of nitrogens with two attached hydrogens (primary N) is 1. The largest absolute Gasteiger partial charge is 0.444 e. The molecule has 0 aliphatic carbocycles. The minimum absolute atomic E-state index is 0.0988. The number of carbonyl (C=O) groups is 3. The van der Waals surface area contributed by atoms with E-state index in [0.29, 0.717) is 25.9 Å². The van der Waals surface area contributed by atoms with Gasteiger partial charge >= 0.3 is 6.09 Å². The Balaban J connectivity index is 0.000000334. The van der Waals surface area contributed by atoms with Gasteiger partial charge in [-0.15, -0.1) is 0 Å². The second-order valence-electron chi connectivity index (χ2n) is 17.2. The monoisotopic (exact) mass is 833 g/mol. The molecule has 4 aromatic rings. The highest BCUT2D eigenvalue weighted by Gasteiger charge is 2.16. The smallest absolute Gasteiger partial charge is 0.407 e. The zero-order valence-electron chi connectivity index (χ0n) is 37.6. The molecule has 61 heavy (non-hydrogen) atoms. The summed E-state index contributed by atoms with van der Waals surface area (Å²) < 4.78 is 5.23. The van der Waals surface area contributed by atoms with Crippen LogP contribution in [-0.2, 0) is 40.0 Å². The quantitative estimate of drug-likeness (QED) is 0.0446. The summed E-state index contributed by atoms with van der Waals surface area (Å²) in [4.78, 5) is 36.5. The van der Waals surface area contributed by atoms with E-state index in [1.807, 2.05) is 32.9 Å². The Morgan fingerprint density at radius 2 is 0.820 bits per heavy atom. The summed E-state index contributed by atoms with van der Waals surface area (Å²) in [7, 11) is 0. The zero-order chi connectivity index (χ0) is 43.8. The van der Waals surface area contributed by atoms with Crippen molar-refractivity contribution in [3.05, 3.63) is 144 Å². The van der Waals surface area contributed by atoms with Crippen molar-refractivity contribution in [1.82, 2.24) is 16.0 Å². The van der Waals surface area contributed by atoms with E-state index < -0.39 is 11.7 Å². The topological polar surface area (TPSA) is 123 Å². The minimum Gasteiger partial charge on any atom is -0.444 e. The number of hydrogen-bond acceptors (Lipinski definition) is 5. The molecule has 4 aromatic carbocycles. The van der Waals surface area contributed by atoms with Crippen LogP contribution in [0.1, 0.15) is 133 Å². The Kier molecular flexibility index (Phi) is 25.6. The van der Waals surface area contributed by atoms with Gasteiger partial charge in [0.2, 0.25) is 11.8 Å². The van der Waals surface area contributed by atoms with Gasteiger partial charge in [0.25, 0.3) is 0 Å². The third-order valence-electron chi connectivity index (χ3n) is 10.5. The fourth-order valence-corrected chi connectivity index (χ4v) is 7.31. The molecule has 0 aliphatic rings. The van der Waals surface area contributed by atoms with Crippen molar-refractivity contribution in [3.8, 4) is 0 Å². The SMILES string of the molecule is CC(C)(C)OC(=O)NCCCCC(=O)NC(CCCc1ccccc1)CCCc1ccccc1.NCCCCC(=O)NC(CCCc1ccccc1)CCCc1ccccc1. The molecule has 0 spiro atoms. The number of nitrogens with one attached hydrogen (secondary N) is 3. The van der Waals surface area contributed by atoms with Gasteiger partial charge in [0.05, 0.1) is 0 Å². The molecule has 0 atom stereocenters. The van der Waals surface area contributed by atoms with Crippen LogP contribution < -0.4 is 21.7 Å². The predicted octanol–water partition coefficient (Wildman–Crippen LogP) is 10.9. The van der Waals surface area contributed by atoms with Crippen LogP contribution in [0.15, 0.2) is 121 Å². The molecule has 0 saturated carbocycles. The summed E-state index contributed by atoms with van der Waals surface area (Å²) in [6, 6.07) is 42.7. The number of hydrogen-bond donors (Lipinski definition) is 4. The first-order chi connectivity index (χ1) is 29.6. The molecule has 0 fully saturated rings. The van der Waals surface area contributed by atoms with E-state index in [9.17, 15) is 14.4 Å². The summed E-state index contributed by atoms with van der Waals surface area (Å²) >= 11 is 0. The average Bonchev–Trinajstić information content (AvgIpc) is 3.24. The van der Waals surface area contributed by atoms with Crippen molar-refractivity contribution >= 4 is 17.9 Å². The number of carbonyl (C=O) groups excluding carboxylic acids is 3. The molecule has 4 rings (SSSR count). The molecular formula is C53H76N4O4. The second-order valence-corrected chi connectivity index (χ2v) is 17.2. The molecule has 8 nitrogen and oxygen atoms in total. The van der Waals surface area contributed by atoms with Crippen molar-refractivity contribution < 1.29 is 19.1 Å². The van der Waals surface area contributed by atoms with Crippen LogP contribution in [0.2, 0.25) is 0 Å². The standard InChI is InChI=1S/C29H42N2O3.C24H34N2O/c1-29(2,3)34-28(33)30-23-11-10-22-27(32)31-26(20-12-18-24-14-6-4-7-15-24)21-13-19-25-16-8-5-9-17-25;25-20-8-7-19-24(27)26-23(17-9-15-21-11-3-1-4-12-21)18-10-16-22-13-5-2-6-14-22/h4-9,14-17,26H,10-13,18-23H2,1-3H3,(H,30,33)(H,31,32);1-6,11-14,23H,7-10,15-20,25H2,(H,26,27). The summed E-state index contributed by atoms with van der Waals surface area (Å²) in [5, 5.41) is 9.29. The van der Waals surface area contributed by atoms with Crippen LogP contribution >= 0.6 is 0 Å². The van der Waals surface area contributed by atoms with Gasteiger partial charge in [0.15, 0.2) is 0 Å². The van der Waals surface area contributed by atoms with E-state index >= 15 is 0 Å². The number of alkyl carbamates (subject to hydrolysis) is 1. The lowest BCUT2D eigenvalue weighted by molar-refractivity contribution is -0.122. The third-order valence-corrected chi connectivity index (χ3v) is 10.5. The van der Waals surface area contributed by atoms with Crippen molar-refractivity contribution in [2.24, 2.45) is 5.73 Å². The number of rotatable bonds is 27. The lowest BCUT2D eigenvalue weighted by atomic mass is 9.99. The molecule has 0 aliphatic heterocycles. The summed E-state index contributed by atoms with van der Waals surface area (Å²) in [6.07, 6.45) is 16.5. The Morgan fingerprint density at radius 3 is 1.13 bits per heavy atom. The first-order valence-electron chi connectivity index (χ1n) is 23.0. The number of amides is 3. The highest BCUT2D eigenvalue weighted by molar-refractivity contribution is 5.76. The Labute approximate surface area is 368 Å². The molecule has 332 valence electrons. The van der Waals surface area contributed by atoms with Gasteiger partial charge in [-0.05, 0) is 152 Å². The number of unbranched alkanes of at least 4 members (excludes halogenated alkanes) is 2. The van der Waals surface area contributed by atoms with E-state index in [-0.39, 0.29) is 23.9 Å². The van der Waals surface area contributed by atoms with Crippen LogP contribution in [0, 0.1) is 0 Å². The molecule has 0 heterocycles. The zero-order valence-corrected chi connectivity index (χ0v) is 37.6. The molecule has 0 saturated heterocycles. The summed E-state index contributed by atoms with van der Waals surface area (Å²) in [6.45, 7) is 6.69. The molecule has 3 amide bonds. The maximum Gasteiger partial charge on any atom is 0.407 e. The molecule has 0 bridgehead atoms. The van der Waals surface area contributed by atoms with Crippen LogP contribution in [0.3, 0.4) is 0 Å². The Hall–Kier alpha value is -4.95. The maximum absolute atomic E-state index is 12.6. The number of aryl methyl sites for hydroxylation is 4. The predicted molar refractivity (Wildman–Crippen MR) is 252 cm³/mol. The van der Waals surface area contributed by atoms with E-state index in [4.69, 9.17) is 10.5 Å². The first kappa shape index (κ1) is 50.4. The minimum atomic E-state index is -0.500. The number of benzene rings is 4. The highest BCUT2D eigenvalue weighted by Crippen LogP contribution is 2.15. The lowest BCUT2D eigenvalue weighted by Gasteiger charge is -2.20. The normalized spacial score (nSPS) is 11.1. The second kappa shape index (κ2) is 31.0. The van der Waals surface area contributed by atoms with Crippen molar-refractivity contribution in [2.45, 2.75) is 154 Å². The van der Waals surface area contributed by atoms with Crippen LogP contribution in [0.5, 0.6) is 0 Å². The lowest BCUT2D eigenvalue weighted by Crippen LogP contribution is -2.35. The van der Waals surface area contributed by atoms with Gasteiger partial charge in [-0.1, -0.05) is 121 Å². The molecule has 5 N–H and O–H groups in total. The van der Waals surface area contributed by atoms with Gasteiger partial charge < -0.3 is 26.4 Å². The van der Waals surface area contributed by atoms with E-state index in [1.165, 1.54) is 22.3 Å². The van der Waals surface area contributed by atoms with E-state index in [2.05, 4.69) is 125 Å². The first-order valence-corrected chi connectivity index (χ1v) is 23.0. The average molecular weight is 833 g/mol. The van der Waals surface area contributed by atoms with Crippen molar-refractivity contribution in [1.29, 1.82) is 0 Å². The highest BCUT2D eigenvalue weighted by atomic mass is 16.6. The molecule has 0 aromatic heterocycles. The molecule has 0 unspecified atom stereocenters. The van der Waals surface area contributed by atoms with Gasteiger partial charge in [0.1, 0.15) is 5.60 Å². The van der Waals surface area contributed by atoms with Gasteiger partial charge in [0, 0.05) is 31.5 Å². The summed E-state index contributed by atoms with van der Waals surface area (Å²) in [5.41, 5.74) is 10.5. The number of ether oxygens (including phenoxy) is 1. The van der Waals surface area contributed by atoms with E-state index in [1.54, 1.807) is 0 Å².